The molecule has 2 fully saturated rings. The summed E-state index contributed by atoms with van der Waals surface area (Å²) < 4.78 is 0. The molecule has 164 valence electrons. The largest absolute Gasteiger partial charge is 0.342 e. The molecule has 2 aliphatic rings. The molecular weight excluding hydrogens is 417 g/mol. The lowest BCUT2D eigenvalue weighted by Crippen LogP contribution is -2.50. The number of carbonyl (C=O) groups is 1. The minimum atomic E-state index is 0. The Bertz CT molecular complexity index is 721. The first-order valence-corrected chi connectivity index (χ1v) is 10.5. The van der Waals surface area contributed by atoms with Crippen LogP contribution in [-0.2, 0) is 17.9 Å². The first-order chi connectivity index (χ1) is 13.7. The lowest BCUT2D eigenvalue weighted by Gasteiger charge is -2.36. The Hall–Kier alpha value is -1.59. The second-order valence-corrected chi connectivity index (χ2v) is 8.38. The molecule has 0 aromatic heterocycles. The number of piperidine rings is 1. The van der Waals surface area contributed by atoms with Gasteiger partial charge in [-0.15, -0.1) is 24.8 Å². The first kappa shape index (κ1) is 24.7. The van der Waals surface area contributed by atoms with Gasteiger partial charge in [0.2, 0.25) is 5.91 Å². The molecule has 2 aliphatic heterocycles. The number of benzene rings is 2. The van der Waals surface area contributed by atoms with E-state index in [9.17, 15) is 4.79 Å². The fourth-order valence-electron chi connectivity index (χ4n) is 4.70. The molecule has 4 rings (SSSR count). The van der Waals surface area contributed by atoms with Gasteiger partial charge in [0.25, 0.3) is 0 Å². The van der Waals surface area contributed by atoms with Crippen molar-refractivity contribution in [2.45, 2.75) is 56.9 Å². The number of fused-ring (bicyclic) bond motifs is 2. The number of halogens is 2. The molecule has 30 heavy (non-hydrogen) atoms. The van der Waals surface area contributed by atoms with Crippen LogP contribution in [0.4, 0.5) is 0 Å². The summed E-state index contributed by atoms with van der Waals surface area (Å²) in [4.78, 5) is 17.4. The van der Waals surface area contributed by atoms with E-state index in [4.69, 9.17) is 0 Å². The number of carbonyl (C=O) groups excluding carboxylic acids is 1. The lowest BCUT2D eigenvalue weighted by molar-refractivity contribution is -0.134. The van der Waals surface area contributed by atoms with Crippen molar-refractivity contribution < 1.29 is 4.79 Å². The Morgan fingerprint density at radius 3 is 1.80 bits per heavy atom. The SMILES string of the molecule is CN(C(=O)CN(Cc1ccccc1)Cc1ccccc1)C1CC2CCC(C1)N2.Cl.Cl. The number of nitrogens with one attached hydrogen (secondary N) is 1. The maximum atomic E-state index is 13.1. The first-order valence-electron chi connectivity index (χ1n) is 10.5. The predicted molar refractivity (Wildman–Crippen MR) is 127 cm³/mol. The second kappa shape index (κ2) is 11.7. The zero-order chi connectivity index (χ0) is 19.3. The minimum Gasteiger partial charge on any atom is -0.342 e. The summed E-state index contributed by atoms with van der Waals surface area (Å²) in [7, 11) is 2.00. The highest BCUT2D eigenvalue weighted by Gasteiger charge is 2.36. The third-order valence-electron chi connectivity index (χ3n) is 6.25. The Labute approximate surface area is 192 Å². The molecule has 1 N–H and O–H groups in total. The molecule has 0 radical (unpaired) electrons. The zero-order valence-corrected chi connectivity index (χ0v) is 19.2. The maximum absolute atomic E-state index is 13.1. The molecule has 2 bridgehead atoms. The molecule has 2 aromatic rings. The van der Waals surface area contributed by atoms with E-state index in [-0.39, 0.29) is 30.7 Å². The minimum absolute atomic E-state index is 0. The number of likely N-dealkylation sites (N-methyl/N-ethyl adjacent to an activating group) is 1. The van der Waals surface area contributed by atoms with Crippen LogP contribution in [0.1, 0.15) is 36.8 Å². The third-order valence-corrected chi connectivity index (χ3v) is 6.25. The van der Waals surface area contributed by atoms with Gasteiger partial charge in [-0.3, -0.25) is 9.69 Å². The van der Waals surface area contributed by atoms with Gasteiger partial charge in [-0.1, -0.05) is 60.7 Å². The van der Waals surface area contributed by atoms with Gasteiger partial charge in [0.05, 0.1) is 6.54 Å². The van der Waals surface area contributed by atoms with E-state index >= 15 is 0 Å². The number of hydrogen-bond acceptors (Lipinski definition) is 3. The molecule has 2 unspecified atom stereocenters. The van der Waals surface area contributed by atoms with Crippen LogP contribution in [0.2, 0.25) is 0 Å². The van der Waals surface area contributed by atoms with Gasteiger partial charge >= 0.3 is 0 Å². The zero-order valence-electron chi connectivity index (χ0n) is 17.6. The van der Waals surface area contributed by atoms with Crippen molar-refractivity contribution >= 4 is 30.7 Å². The van der Waals surface area contributed by atoms with Crippen LogP contribution in [-0.4, -0.2) is 47.4 Å². The highest BCUT2D eigenvalue weighted by atomic mass is 35.5. The van der Waals surface area contributed by atoms with E-state index in [0.29, 0.717) is 24.7 Å². The summed E-state index contributed by atoms with van der Waals surface area (Å²) in [5, 5.41) is 3.67. The summed E-state index contributed by atoms with van der Waals surface area (Å²) in [5.41, 5.74) is 2.49. The van der Waals surface area contributed by atoms with E-state index in [1.807, 2.05) is 24.1 Å². The lowest BCUT2D eigenvalue weighted by atomic mass is 9.98. The molecule has 0 saturated carbocycles. The molecule has 2 heterocycles. The average Bonchev–Trinajstić information content (AvgIpc) is 3.06. The fraction of sp³-hybridized carbons (Fsp3) is 0.458. The summed E-state index contributed by atoms with van der Waals surface area (Å²) in [5.74, 6) is 0.234. The Morgan fingerprint density at radius 1 is 0.867 bits per heavy atom. The number of rotatable bonds is 7. The quantitative estimate of drug-likeness (QED) is 0.684. The predicted octanol–water partition coefficient (Wildman–Crippen LogP) is 4.27. The fourth-order valence-corrected chi connectivity index (χ4v) is 4.70. The van der Waals surface area contributed by atoms with E-state index < -0.39 is 0 Å². The van der Waals surface area contributed by atoms with Gasteiger partial charge in [-0.2, -0.15) is 0 Å². The Kier molecular flexibility index (Phi) is 9.63. The van der Waals surface area contributed by atoms with E-state index in [2.05, 4.69) is 58.7 Å². The van der Waals surface area contributed by atoms with Crippen LogP contribution >= 0.6 is 24.8 Å². The summed E-state index contributed by atoms with van der Waals surface area (Å²) in [6, 6.07) is 22.5. The maximum Gasteiger partial charge on any atom is 0.236 e. The molecule has 1 amide bonds. The summed E-state index contributed by atoms with van der Waals surface area (Å²) in [6.45, 7) is 2.03. The average molecular weight is 450 g/mol. The van der Waals surface area contributed by atoms with Gasteiger partial charge in [0, 0.05) is 38.3 Å². The number of nitrogens with zero attached hydrogens (tertiary/aromatic N) is 2. The monoisotopic (exact) mass is 449 g/mol. The number of amides is 1. The summed E-state index contributed by atoms with van der Waals surface area (Å²) in [6.07, 6.45) is 4.71. The van der Waals surface area contributed by atoms with Crippen molar-refractivity contribution in [3.05, 3.63) is 71.8 Å². The smallest absolute Gasteiger partial charge is 0.236 e. The van der Waals surface area contributed by atoms with Gasteiger partial charge in [0.1, 0.15) is 0 Å². The van der Waals surface area contributed by atoms with Crippen molar-refractivity contribution in [3.63, 3.8) is 0 Å². The highest BCUT2D eigenvalue weighted by molar-refractivity contribution is 5.85. The normalized spacial score (nSPS) is 22.1. The van der Waals surface area contributed by atoms with E-state index in [0.717, 1.165) is 25.9 Å². The molecular formula is C24H33Cl2N3O. The van der Waals surface area contributed by atoms with Crippen molar-refractivity contribution in [2.75, 3.05) is 13.6 Å². The standard InChI is InChI=1S/C24H31N3O.2ClH/c1-26(23-14-21-12-13-22(15-23)25-21)24(28)18-27(16-19-8-4-2-5-9-19)17-20-10-6-3-7-11-20;;/h2-11,21-23,25H,12-18H2,1H3;2*1H. The van der Waals surface area contributed by atoms with Crippen molar-refractivity contribution in [1.29, 1.82) is 0 Å². The highest BCUT2D eigenvalue weighted by Crippen LogP contribution is 2.29. The van der Waals surface area contributed by atoms with Gasteiger partial charge in [-0.25, -0.2) is 0 Å². The molecule has 2 saturated heterocycles. The van der Waals surface area contributed by atoms with E-state index in [1.165, 1.54) is 24.0 Å². The topological polar surface area (TPSA) is 35.6 Å². The molecule has 0 spiro atoms. The van der Waals surface area contributed by atoms with Crippen molar-refractivity contribution in [3.8, 4) is 0 Å². The van der Waals surface area contributed by atoms with Crippen molar-refractivity contribution in [2.24, 2.45) is 0 Å². The van der Waals surface area contributed by atoms with Gasteiger partial charge < -0.3 is 10.2 Å². The molecule has 0 aliphatic carbocycles. The molecule has 2 atom stereocenters. The summed E-state index contributed by atoms with van der Waals surface area (Å²) >= 11 is 0. The van der Waals surface area contributed by atoms with Crippen LogP contribution in [0.25, 0.3) is 0 Å². The van der Waals surface area contributed by atoms with E-state index in [1.54, 1.807) is 0 Å². The van der Waals surface area contributed by atoms with Crippen LogP contribution in [0.3, 0.4) is 0 Å². The Morgan fingerprint density at radius 2 is 1.33 bits per heavy atom. The van der Waals surface area contributed by atoms with Gasteiger partial charge in [0.15, 0.2) is 0 Å². The Balaban J connectivity index is 0.00000160. The van der Waals surface area contributed by atoms with Crippen LogP contribution in [0.15, 0.2) is 60.7 Å². The molecule has 6 heteroatoms. The van der Waals surface area contributed by atoms with Crippen LogP contribution < -0.4 is 5.32 Å². The third kappa shape index (κ3) is 6.45. The van der Waals surface area contributed by atoms with Crippen molar-refractivity contribution in [1.82, 2.24) is 15.1 Å². The number of hydrogen-bond donors (Lipinski definition) is 1. The molecule has 2 aromatic carbocycles. The van der Waals surface area contributed by atoms with Gasteiger partial charge in [-0.05, 0) is 36.8 Å². The van der Waals surface area contributed by atoms with Crippen LogP contribution in [0, 0.1) is 0 Å². The molecule has 4 nitrogen and oxygen atoms in total. The van der Waals surface area contributed by atoms with Crippen LogP contribution in [0.5, 0.6) is 0 Å². The second-order valence-electron chi connectivity index (χ2n) is 8.38.